The van der Waals surface area contributed by atoms with Crippen molar-refractivity contribution >= 4 is 34.8 Å². The highest BCUT2D eigenvalue weighted by atomic mass is 35.5. The molecule has 0 aliphatic heterocycles. The predicted molar refractivity (Wildman–Crippen MR) is 114 cm³/mol. The molecule has 2 aromatic carbocycles. The minimum Gasteiger partial charge on any atom is -0.492 e. The zero-order valence-corrected chi connectivity index (χ0v) is 17.4. The molecule has 0 saturated heterocycles. The van der Waals surface area contributed by atoms with Crippen molar-refractivity contribution < 1.29 is 14.3 Å². The summed E-state index contributed by atoms with van der Waals surface area (Å²) in [5.74, 6) is 2.01. The first-order valence-electron chi connectivity index (χ1n) is 9.08. The van der Waals surface area contributed by atoms with E-state index >= 15 is 0 Å². The number of benzene rings is 2. The lowest BCUT2D eigenvalue weighted by Gasteiger charge is -2.09. The lowest BCUT2D eigenvalue weighted by Crippen LogP contribution is -2.12. The third-order valence-corrected chi connectivity index (χ3v) is 4.66. The molecular weight excluding hydrogens is 413 g/mol. The molecular formula is C21H21Cl2N3O3. The van der Waals surface area contributed by atoms with Crippen LogP contribution in [0.15, 0.2) is 54.9 Å². The van der Waals surface area contributed by atoms with Gasteiger partial charge in [-0.1, -0.05) is 23.2 Å². The van der Waals surface area contributed by atoms with Crippen LogP contribution in [0.3, 0.4) is 0 Å². The van der Waals surface area contributed by atoms with E-state index in [-0.39, 0.29) is 5.91 Å². The fourth-order valence-corrected chi connectivity index (χ4v) is 3.01. The Kier molecular flexibility index (Phi) is 7.38. The molecule has 29 heavy (non-hydrogen) atoms. The zero-order chi connectivity index (χ0) is 20.6. The maximum atomic E-state index is 12.1. The molecule has 0 radical (unpaired) electrons. The summed E-state index contributed by atoms with van der Waals surface area (Å²) in [7, 11) is 1.92. The molecule has 0 saturated carbocycles. The van der Waals surface area contributed by atoms with Gasteiger partial charge in [0.05, 0.1) is 11.6 Å². The average Bonchev–Trinajstić information content (AvgIpc) is 3.11. The van der Waals surface area contributed by atoms with E-state index in [2.05, 4.69) is 10.3 Å². The van der Waals surface area contributed by atoms with E-state index in [1.54, 1.807) is 36.5 Å². The third-order valence-electron chi connectivity index (χ3n) is 4.13. The number of nitrogens with one attached hydrogen (secondary N) is 1. The number of aryl methyl sites for hydroxylation is 1. The number of anilines is 1. The molecule has 6 nitrogen and oxygen atoms in total. The SMILES string of the molecule is Cn1ccnc1COc1ccc(NC(=O)CCCOc2ccc(Cl)cc2Cl)cc1. The molecule has 0 unspecified atom stereocenters. The Morgan fingerprint density at radius 3 is 2.62 bits per heavy atom. The summed E-state index contributed by atoms with van der Waals surface area (Å²) < 4.78 is 13.2. The fraction of sp³-hybridized carbons (Fsp3) is 0.238. The predicted octanol–water partition coefficient (Wildman–Crippen LogP) is 5.10. The van der Waals surface area contributed by atoms with Gasteiger partial charge in [0.25, 0.3) is 0 Å². The van der Waals surface area contributed by atoms with Crippen LogP contribution in [0.1, 0.15) is 18.7 Å². The molecule has 0 fully saturated rings. The van der Waals surface area contributed by atoms with Gasteiger partial charge >= 0.3 is 0 Å². The number of rotatable bonds is 9. The number of halogens is 2. The molecule has 1 amide bonds. The Hall–Kier alpha value is -2.70. The number of amides is 1. The quantitative estimate of drug-likeness (QED) is 0.476. The van der Waals surface area contributed by atoms with E-state index in [1.165, 1.54) is 0 Å². The molecule has 3 rings (SSSR count). The summed E-state index contributed by atoms with van der Waals surface area (Å²) in [5, 5.41) is 3.86. The molecule has 0 atom stereocenters. The second kappa shape index (κ2) is 10.2. The van der Waals surface area contributed by atoms with E-state index in [1.807, 2.05) is 29.9 Å². The Morgan fingerprint density at radius 1 is 1.14 bits per heavy atom. The number of carbonyl (C=O) groups excluding carboxylic acids is 1. The number of aromatic nitrogens is 2. The average molecular weight is 434 g/mol. The lowest BCUT2D eigenvalue weighted by atomic mass is 10.2. The van der Waals surface area contributed by atoms with Crippen molar-refractivity contribution in [2.75, 3.05) is 11.9 Å². The third kappa shape index (κ3) is 6.41. The summed E-state index contributed by atoms with van der Waals surface area (Å²) in [6, 6.07) is 12.3. The van der Waals surface area contributed by atoms with Crippen LogP contribution in [0.25, 0.3) is 0 Å². The Labute approximate surface area is 179 Å². The molecule has 3 aromatic rings. The first kappa shape index (κ1) is 21.0. The summed E-state index contributed by atoms with van der Waals surface area (Å²) >= 11 is 11.9. The Morgan fingerprint density at radius 2 is 1.93 bits per heavy atom. The topological polar surface area (TPSA) is 65.4 Å². The summed E-state index contributed by atoms with van der Waals surface area (Å²) in [4.78, 5) is 16.3. The second-order valence-electron chi connectivity index (χ2n) is 6.34. The van der Waals surface area contributed by atoms with Gasteiger partial charge in [0, 0.05) is 36.6 Å². The van der Waals surface area contributed by atoms with E-state index in [0.29, 0.717) is 53.3 Å². The van der Waals surface area contributed by atoms with Crippen molar-refractivity contribution in [2.45, 2.75) is 19.4 Å². The second-order valence-corrected chi connectivity index (χ2v) is 7.19. The summed E-state index contributed by atoms with van der Waals surface area (Å²) in [6.07, 6.45) is 4.50. The molecule has 152 valence electrons. The minimum atomic E-state index is -0.0857. The van der Waals surface area contributed by atoms with Gasteiger partial charge in [-0.3, -0.25) is 4.79 Å². The largest absolute Gasteiger partial charge is 0.492 e. The highest BCUT2D eigenvalue weighted by molar-refractivity contribution is 6.35. The van der Waals surface area contributed by atoms with Crippen LogP contribution >= 0.6 is 23.2 Å². The van der Waals surface area contributed by atoms with Crippen molar-refractivity contribution in [2.24, 2.45) is 7.05 Å². The van der Waals surface area contributed by atoms with Gasteiger partial charge in [-0.15, -0.1) is 0 Å². The van der Waals surface area contributed by atoms with Crippen LogP contribution < -0.4 is 14.8 Å². The summed E-state index contributed by atoms with van der Waals surface area (Å²) in [6.45, 7) is 0.765. The number of hydrogen-bond acceptors (Lipinski definition) is 4. The minimum absolute atomic E-state index is 0.0857. The molecule has 0 bridgehead atoms. The van der Waals surface area contributed by atoms with Crippen LogP contribution in [0.5, 0.6) is 11.5 Å². The standard InChI is InChI=1S/C21H21Cl2N3O3/c1-26-11-10-24-20(26)14-29-17-7-5-16(6-8-17)25-21(27)3-2-12-28-19-9-4-15(22)13-18(19)23/h4-11,13H,2-3,12,14H2,1H3,(H,25,27). The molecule has 0 aliphatic rings. The van der Waals surface area contributed by atoms with Crippen LogP contribution in [-0.2, 0) is 18.4 Å². The fourth-order valence-electron chi connectivity index (χ4n) is 2.55. The number of carbonyl (C=O) groups is 1. The van der Waals surface area contributed by atoms with Crippen molar-refractivity contribution in [1.82, 2.24) is 9.55 Å². The monoisotopic (exact) mass is 433 g/mol. The van der Waals surface area contributed by atoms with Crippen molar-refractivity contribution in [3.8, 4) is 11.5 Å². The number of imidazole rings is 1. The highest BCUT2D eigenvalue weighted by Gasteiger charge is 2.06. The molecule has 0 aliphatic carbocycles. The Balaban J connectivity index is 1.38. The molecule has 1 N–H and O–H groups in total. The van der Waals surface area contributed by atoms with Gasteiger partial charge in [0.1, 0.15) is 23.9 Å². The van der Waals surface area contributed by atoms with Crippen LogP contribution in [0, 0.1) is 0 Å². The van der Waals surface area contributed by atoms with E-state index in [9.17, 15) is 4.79 Å². The first-order valence-corrected chi connectivity index (χ1v) is 9.83. The smallest absolute Gasteiger partial charge is 0.224 e. The van der Waals surface area contributed by atoms with Crippen molar-refractivity contribution in [3.05, 3.63) is 70.7 Å². The van der Waals surface area contributed by atoms with Crippen LogP contribution in [0.4, 0.5) is 5.69 Å². The van der Waals surface area contributed by atoms with Crippen molar-refractivity contribution in [1.29, 1.82) is 0 Å². The number of ether oxygens (including phenoxy) is 2. The van der Waals surface area contributed by atoms with Gasteiger partial charge in [0.2, 0.25) is 5.91 Å². The van der Waals surface area contributed by atoms with E-state index in [4.69, 9.17) is 32.7 Å². The first-order chi connectivity index (χ1) is 14.0. The number of hydrogen-bond donors (Lipinski definition) is 1. The Bertz CT molecular complexity index is 958. The van der Waals surface area contributed by atoms with E-state index in [0.717, 1.165) is 5.82 Å². The van der Waals surface area contributed by atoms with Gasteiger partial charge in [-0.25, -0.2) is 4.98 Å². The van der Waals surface area contributed by atoms with Gasteiger partial charge in [0.15, 0.2) is 0 Å². The van der Waals surface area contributed by atoms with Gasteiger partial charge in [-0.05, 0) is 48.9 Å². The molecule has 0 spiro atoms. The zero-order valence-electron chi connectivity index (χ0n) is 15.9. The van der Waals surface area contributed by atoms with Crippen LogP contribution in [0.2, 0.25) is 10.0 Å². The maximum absolute atomic E-state index is 12.1. The van der Waals surface area contributed by atoms with Gasteiger partial charge < -0.3 is 19.4 Å². The van der Waals surface area contributed by atoms with Crippen molar-refractivity contribution in [3.63, 3.8) is 0 Å². The van der Waals surface area contributed by atoms with E-state index < -0.39 is 0 Å². The van der Waals surface area contributed by atoms with Crippen LogP contribution in [-0.4, -0.2) is 22.1 Å². The lowest BCUT2D eigenvalue weighted by molar-refractivity contribution is -0.116. The normalized spacial score (nSPS) is 10.6. The van der Waals surface area contributed by atoms with Gasteiger partial charge in [-0.2, -0.15) is 0 Å². The summed E-state index contributed by atoms with van der Waals surface area (Å²) in [5.41, 5.74) is 0.709. The molecule has 1 aromatic heterocycles. The molecule has 8 heteroatoms. The number of nitrogens with zero attached hydrogens (tertiary/aromatic N) is 2. The molecule has 1 heterocycles. The maximum Gasteiger partial charge on any atom is 0.224 e. The highest BCUT2D eigenvalue weighted by Crippen LogP contribution is 2.27.